The summed E-state index contributed by atoms with van der Waals surface area (Å²) in [4.78, 5) is 17.3. The van der Waals surface area contributed by atoms with E-state index in [2.05, 4.69) is 33.9 Å². The summed E-state index contributed by atoms with van der Waals surface area (Å²) in [5.41, 5.74) is 2.81. The average Bonchev–Trinajstić information content (AvgIpc) is 2.86. The molecule has 35 heavy (non-hydrogen) atoms. The van der Waals surface area contributed by atoms with Crippen LogP contribution in [-0.4, -0.2) is 56.8 Å². The molecule has 1 aliphatic rings. The molecule has 0 bridgehead atoms. The topological polar surface area (TPSA) is 69.7 Å². The van der Waals surface area contributed by atoms with Crippen LogP contribution in [0, 0.1) is 6.92 Å². The number of nitrogens with zero attached hydrogens (tertiary/aromatic N) is 2. The van der Waals surface area contributed by atoms with Gasteiger partial charge in [-0.25, -0.2) is 8.42 Å². The van der Waals surface area contributed by atoms with Crippen molar-refractivity contribution >= 4 is 39.3 Å². The number of anilines is 1. The van der Waals surface area contributed by atoms with Gasteiger partial charge in [-0.1, -0.05) is 71.8 Å². The van der Waals surface area contributed by atoms with E-state index in [9.17, 15) is 13.2 Å². The second-order valence-corrected chi connectivity index (χ2v) is 10.6. The largest absolute Gasteiger partial charge is 0.336 e. The third kappa shape index (κ3) is 6.51. The minimum Gasteiger partial charge on any atom is -0.336 e. The molecule has 0 aromatic heterocycles. The zero-order valence-electron chi connectivity index (χ0n) is 19.5. The Kier molecular flexibility index (Phi) is 7.90. The van der Waals surface area contributed by atoms with Crippen molar-refractivity contribution in [3.8, 4) is 0 Å². The van der Waals surface area contributed by atoms with Gasteiger partial charge in [0.1, 0.15) is 0 Å². The van der Waals surface area contributed by atoms with Crippen LogP contribution < -0.4 is 4.72 Å². The van der Waals surface area contributed by atoms with Gasteiger partial charge in [0, 0.05) is 38.3 Å². The fraction of sp³-hybridized carbons (Fsp3) is 0.222. The average molecular weight is 510 g/mol. The lowest BCUT2D eigenvalue weighted by atomic mass is 10.1. The highest BCUT2D eigenvalue weighted by molar-refractivity contribution is 7.92. The molecule has 1 heterocycles. The molecule has 0 atom stereocenters. The number of amides is 1. The molecule has 0 unspecified atom stereocenters. The molecule has 4 rings (SSSR count). The number of rotatable bonds is 7. The molecule has 1 aliphatic heterocycles. The molecule has 8 heteroatoms. The number of nitrogens with one attached hydrogen (secondary N) is 1. The van der Waals surface area contributed by atoms with Crippen molar-refractivity contribution in [2.45, 2.75) is 11.8 Å². The van der Waals surface area contributed by atoms with Gasteiger partial charge in [0.2, 0.25) is 0 Å². The number of benzene rings is 3. The third-order valence-corrected chi connectivity index (χ3v) is 7.62. The smallest absolute Gasteiger partial charge is 0.261 e. The van der Waals surface area contributed by atoms with Gasteiger partial charge in [0.25, 0.3) is 15.9 Å². The van der Waals surface area contributed by atoms with Gasteiger partial charge in [-0.15, -0.1) is 0 Å². The minimum absolute atomic E-state index is 0.112. The Labute approximate surface area is 211 Å². The van der Waals surface area contributed by atoms with Gasteiger partial charge in [-0.05, 0) is 42.8 Å². The van der Waals surface area contributed by atoms with Crippen LogP contribution in [0.25, 0.3) is 6.08 Å². The van der Waals surface area contributed by atoms with Gasteiger partial charge in [0.05, 0.1) is 15.6 Å². The molecule has 1 saturated heterocycles. The van der Waals surface area contributed by atoms with Crippen LogP contribution in [0.4, 0.5) is 5.69 Å². The number of halogens is 1. The van der Waals surface area contributed by atoms with E-state index >= 15 is 0 Å². The summed E-state index contributed by atoms with van der Waals surface area (Å²) in [6.07, 6.45) is 4.25. The predicted octanol–water partition coefficient (Wildman–Crippen LogP) is 4.92. The first-order valence-electron chi connectivity index (χ1n) is 11.4. The van der Waals surface area contributed by atoms with Gasteiger partial charge >= 0.3 is 0 Å². The second-order valence-electron chi connectivity index (χ2n) is 8.52. The predicted molar refractivity (Wildman–Crippen MR) is 141 cm³/mol. The number of sulfonamides is 1. The molecule has 0 saturated carbocycles. The SMILES string of the molecule is Cc1ccc(S(=O)(=O)Nc2ccc(C(=O)N3CCN(C/C=C/c4ccccc4)CC3)cc2Cl)cc1. The van der Waals surface area contributed by atoms with Crippen molar-refractivity contribution in [1.82, 2.24) is 9.80 Å². The van der Waals surface area contributed by atoms with Crippen molar-refractivity contribution in [3.05, 3.63) is 101 Å². The van der Waals surface area contributed by atoms with E-state index in [1.54, 1.807) is 35.2 Å². The molecule has 0 spiro atoms. The zero-order chi connectivity index (χ0) is 24.8. The highest BCUT2D eigenvalue weighted by atomic mass is 35.5. The van der Waals surface area contributed by atoms with Crippen LogP contribution in [0.15, 0.2) is 83.8 Å². The standard InChI is InChI=1S/C27H28ClN3O3S/c1-21-9-12-24(13-10-21)35(33,34)29-26-14-11-23(20-25(26)28)27(32)31-18-16-30(17-19-31)15-5-8-22-6-3-2-4-7-22/h2-14,20,29H,15-19H2,1H3/b8-5+. The molecule has 1 amide bonds. The van der Waals surface area contributed by atoms with E-state index < -0.39 is 10.0 Å². The molecule has 1 N–H and O–H groups in total. The van der Waals surface area contributed by atoms with E-state index in [0.717, 1.165) is 25.2 Å². The van der Waals surface area contributed by atoms with Crippen molar-refractivity contribution < 1.29 is 13.2 Å². The van der Waals surface area contributed by atoms with Crippen LogP contribution in [0.3, 0.4) is 0 Å². The van der Waals surface area contributed by atoms with Gasteiger partial charge in [-0.3, -0.25) is 14.4 Å². The summed E-state index contributed by atoms with van der Waals surface area (Å²) in [5, 5.41) is 0.177. The first-order chi connectivity index (χ1) is 16.8. The Morgan fingerprint density at radius 1 is 0.971 bits per heavy atom. The molecule has 182 valence electrons. The number of aryl methyl sites for hydroxylation is 1. The number of hydrogen-bond donors (Lipinski definition) is 1. The lowest BCUT2D eigenvalue weighted by Gasteiger charge is -2.34. The Balaban J connectivity index is 1.33. The molecule has 0 radical (unpaired) electrons. The Morgan fingerprint density at radius 3 is 2.31 bits per heavy atom. The lowest BCUT2D eigenvalue weighted by Crippen LogP contribution is -2.48. The summed E-state index contributed by atoms with van der Waals surface area (Å²) in [6.45, 7) is 5.53. The number of piperazine rings is 1. The minimum atomic E-state index is -3.78. The summed E-state index contributed by atoms with van der Waals surface area (Å²) < 4.78 is 27.8. The highest BCUT2D eigenvalue weighted by Gasteiger charge is 2.23. The van der Waals surface area contributed by atoms with E-state index in [1.165, 1.54) is 17.7 Å². The lowest BCUT2D eigenvalue weighted by molar-refractivity contribution is 0.0650. The molecule has 1 fully saturated rings. The van der Waals surface area contributed by atoms with E-state index in [0.29, 0.717) is 18.7 Å². The van der Waals surface area contributed by atoms with Gasteiger partial charge < -0.3 is 4.90 Å². The Morgan fingerprint density at radius 2 is 1.66 bits per heavy atom. The normalized spacial score (nSPS) is 14.9. The maximum Gasteiger partial charge on any atom is 0.261 e. The molecule has 0 aliphatic carbocycles. The third-order valence-electron chi connectivity index (χ3n) is 5.92. The molecule has 3 aromatic carbocycles. The Hall–Kier alpha value is -3.13. The van der Waals surface area contributed by atoms with Crippen molar-refractivity contribution in [2.24, 2.45) is 0 Å². The monoisotopic (exact) mass is 509 g/mol. The number of hydrogen-bond acceptors (Lipinski definition) is 4. The van der Waals surface area contributed by atoms with Crippen molar-refractivity contribution in [3.63, 3.8) is 0 Å². The van der Waals surface area contributed by atoms with Crippen molar-refractivity contribution in [2.75, 3.05) is 37.4 Å². The van der Waals surface area contributed by atoms with Gasteiger partial charge in [0.15, 0.2) is 0 Å². The zero-order valence-corrected chi connectivity index (χ0v) is 21.1. The second kappa shape index (κ2) is 11.1. The van der Waals surface area contributed by atoms with Gasteiger partial charge in [-0.2, -0.15) is 0 Å². The maximum atomic E-state index is 13.0. The van der Waals surface area contributed by atoms with Crippen LogP contribution in [0.5, 0.6) is 0 Å². The van der Waals surface area contributed by atoms with E-state index in [-0.39, 0.29) is 21.5 Å². The highest BCUT2D eigenvalue weighted by Crippen LogP contribution is 2.27. The molecule has 3 aromatic rings. The Bertz CT molecular complexity index is 1300. The quantitative estimate of drug-likeness (QED) is 0.491. The first kappa shape index (κ1) is 25.0. The maximum absolute atomic E-state index is 13.0. The molecular formula is C27H28ClN3O3S. The number of carbonyl (C=O) groups is 1. The number of carbonyl (C=O) groups excluding carboxylic acids is 1. The van der Waals surface area contributed by atoms with Crippen LogP contribution in [0.1, 0.15) is 21.5 Å². The summed E-state index contributed by atoms with van der Waals surface area (Å²) >= 11 is 6.35. The summed E-state index contributed by atoms with van der Waals surface area (Å²) in [6, 6.07) is 21.4. The summed E-state index contributed by atoms with van der Waals surface area (Å²) in [5.74, 6) is -0.112. The van der Waals surface area contributed by atoms with E-state index in [1.807, 2.05) is 25.1 Å². The first-order valence-corrected chi connectivity index (χ1v) is 13.3. The summed E-state index contributed by atoms with van der Waals surface area (Å²) in [7, 11) is -3.78. The van der Waals surface area contributed by atoms with Crippen LogP contribution in [-0.2, 0) is 10.0 Å². The van der Waals surface area contributed by atoms with Crippen molar-refractivity contribution in [1.29, 1.82) is 0 Å². The van der Waals surface area contributed by atoms with E-state index in [4.69, 9.17) is 11.6 Å². The fourth-order valence-electron chi connectivity index (χ4n) is 3.87. The molecular weight excluding hydrogens is 482 g/mol. The fourth-order valence-corrected chi connectivity index (χ4v) is 5.23. The van der Waals surface area contributed by atoms with Crippen LogP contribution in [0.2, 0.25) is 5.02 Å². The molecule has 6 nitrogen and oxygen atoms in total. The van der Waals surface area contributed by atoms with Crippen LogP contribution >= 0.6 is 11.6 Å².